The molecule has 2 amide bonds. The molecule has 3 rings (SSSR count). The number of aromatic nitrogens is 2. The second-order valence-electron chi connectivity index (χ2n) is 7.07. The average molecular weight is 344 g/mol. The lowest BCUT2D eigenvalue weighted by Crippen LogP contribution is -2.44. The van der Waals surface area contributed by atoms with E-state index in [0.29, 0.717) is 12.6 Å². The Morgan fingerprint density at radius 3 is 2.60 bits per heavy atom. The van der Waals surface area contributed by atoms with Crippen LogP contribution in [0.1, 0.15) is 48.9 Å². The molecule has 1 aromatic heterocycles. The van der Waals surface area contributed by atoms with Crippen LogP contribution in [0.3, 0.4) is 0 Å². The van der Waals surface area contributed by atoms with Gasteiger partial charge in [-0.05, 0) is 45.6 Å². The number of anilines is 1. The van der Waals surface area contributed by atoms with Crippen LogP contribution < -0.4 is 16.4 Å². The zero-order valence-electron chi connectivity index (χ0n) is 14.4. The van der Waals surface area contributed by atoms with Crippen molar-refractivity contribution in [3.8, 4) is 0 Å². The van der Waals surface area contributed by atoms with Gasteiger partial charge in [-0.3, -0.25) is 14.3 Å². The van der Waals surface area contributed by atoms with Gasteiger partial charge in [0.05, 0.1) is 0 Å². The Kier molecular flexibility index (Phi) is 4.77. The van der Waals surface area contributed by atoms with Gasteiger partial charge in [0.1, 0.15) is 11.1 Å². The highest BCUT2D eigenvalue weighted by Gasteiger charge is 2.41. The zero-order valence-corrected chi connectivity index (χ0v) is 14.4. The van der Waals surface area contributed by atoms with Crippen LogP contribution in [-0.4, -0.2) is 41.2 Å². The molecule has 2 aliphatic rings. The predicted octanol–water partition coefficient (Wildman–Crippen LogP) is 1.11. The number of amides is 2. The molecule has 0 radical (unpaired) electrons. The number of nitrogens with one attached hydrogen (secondary N) is 2. The van der Waals surface area contributed by atoms with Crippen molar-refractivity contribution >= 4 is 17.6 Å². The highest BCUT2D eigenvalue weighted by molar-refractivity contribution is 6.02. The van der Waals surface area contributed by atoms with E-state index in [9.17, 15) is 9.59 Å². The van der Waals surface area contributed by atoms with Crippen LogP contribution in [0.25, 0.3) is 4.85 Å². The van der Waals surface area contributed by atoms with Gasteiger partial charge in [0.15, 0.2) is 5.82 Å². The third-order valence-corrected chi connectivity index (χ3v) is 5.35. The molecule has 0 bridgehead atoms. The zero-order chi connectivity index (χ0) is 18.0. The van der Waals surface area contributed by atoms with Crippen molar-refractivity contribution in [1.82, 2.24) is 15.1 Å². The lowest BCUT2D eigenvalue weighted by molar-refractivity contribution is -0.117. The summed E-state index contributed by atoms with van der Waals surface area (Å²) in [6.45, 7) is 7.63. The summed E-state index contributed by atoms with van der Waals surface area (Å²) in [5.74, 6) is -0.524. The number of rotatable bonds is 6. The van der Waals surface area contributed by atoms with Crippen molar-refractivity contribution in [2.45, 2.75) is 50.1 Å². The lowest BCUT2D eigenvalue weighted by atomic mass is 9.79. The Labute approximate surface area is 147 Å². The molecule has 25 heavy (non-hydrogen) atoms. The first-order chi connectivity index (χ1) is 12.0. The number of hydrogen-bond donors (Lipinski definition) is 3. The molecule has 1 aromatic rings. The maximum atomic E-state index is 12.1. The second-order valence-corrected chi connectivity index (χ2v) is 7.07. The smallest absolute Gasteiger partial charge is 0.254 e. The SMILES string of the molecule is [C-]#[N+]CC1(n2cc(C(N)=O)c(NC(=O)C3CC3)n2)CCC(NC)CC1. The van der Waals surface area contributed by atoms with Crippen LogP contribution in [0.4, 0.5) is 5.82 Å². The van der Waals surface area contributed by atoms with E-state index in [1.165, 1.54) is 0 Å². The van der Waals surface area contributed by atoms with Crippen LogP contribution in [0.5, 0.6) is 0 Å². The van der Waals surface area contributed by atoms with Gasteiger partial charge in [-0.1, -0.05) is 0 Å². The Hall–Kier alpha value is -2.40. The molecule has 2 aliphatic carbocycles. The van der Waals surface area contributed by atoms with Gasteiger partial charge in [0.2, 0.25) is 12.5 Å². The molecule has 1 heterocycles. The number of primary amides is 1. The average Bonchev–Trinajstić information content (AvgIpc) is 3.36. The number of carbonyl (C=O) groups is 2. The highest BCUT2D eigenvalue weighted by Crippen LogP contribution is 2.37. The predicted molar refractivity (Wildman–Crippen MR) is 92.9 cm³/mol. The molecular weight excluding hydrogens is 320 g/mol. The van der Waals surface area contributed by atoms with Crippen LogP contribution in [0.2, 0.25) is 0 Å². The van der Waals surface area contributed by atoms with Crippen molar-refractivity contribution in [3.63, 3.8) is 0 Å². The first kappa shape index (κ1) is 17.4. The van der Waals surface area contributed by atoms with Crippen LogP contribution in [0.15, 0.2) is 6.20 Å². The molecule has 134 valence electrons. The van der Waals surface area contributed by atoms with E-state index in [1.54, 1.807) is 10.9 Å². The Morgan fingerprint density at radius 2 is 2.08 bits per heavy atom. The van der Waals surface area contributed by atoms with E-state index in [-0.39, 0.29) is 23.2 Å². The largest absolute Gasteiger partial charge is 0.365 e. The molecule has 0 aliphatic heterocycles. The summed E-state index contributed by atoms with van der Waals surface area (Å²) in [5, 5.41) is 10.5. The standard InChI is InChI=1S/C17H24N6O2/c1-19-10-17(7-5-12(20-2)6-8-17)23-9-13(14(18)24)15(22-23)21-16(25)11-3-4-11/h9,11-12,20H,3-8,10H2,2H3,(H2,18,24)(H,21,22,25). The maximum absolute atomic E-state index is 12.1. The van der Waals surface area contributed by atoms with Gasteiger partial charge in [-0.25, -0.2) is 6.57 Å². The molecule has 8 heteroatoms. The topological polar surface area (TPSA) is 106 Å². The molecule has 0 aromatic carbocycles. The fourth-order valence-electron chi connectivity index (χ4n) is 3.50. The molecular formula is C17H24N6O2. The Morgan fingerprint density at radius 1 is 1.40 bits per heavy atom. The number of carbonyl (C=O) groups excluding carboxylic acids is 2. The number of nitrogens with two attached hydrogens (primary N) is 1. The molecule has 2 saturated carbocycles. The molecule has 0 spiro atoms. The fraction of sp³-hybridized carbons (Fsp3) is 0.647. The highest BCUT2D eigenvalue weighted by atomic mass is 16.2. The molecule has 8 nitrogen and oxygen atoms in total. The Balaban J connectivity index is 1.89. The first-order valence-electron chi connectivity index (χ1n) is 8.70. The third-order valence-electron chi connectivity index (χ3n) is 5.35. The van der Waals surface area contributed by atoms with Gasteiger partial charge in [-0.15, -0.1) is 0 Å². The van der Waals surface area contributed by atoms with Crippen LogP contribution in [0, 0.1) is 12.5 Å². The van der Waals surface area contributed by atoms with Crippen LogP contribution in [-0.2, 0) is 10.3 Å². The van der Waals surface area contributed by atoms with Crippen molar-refractivity contribution < 1.29 is 9.59 Å². The van der Waals surface area contributed by atoms with E-state index in [0.717, 1.165) is 38.5 Å². The van der Waals surface area contributed by atoms with Gasteiger partial charge >= 0.3 is 0 Å². The number of hydrogen-bond acceptors (Lipinski definition) is 4. The quantitative estimate of drug-likeness (QED) is 0.672. The lowest BCUT2D eigenvalue weighted by Gasteiger charge is -2.36. The van der Waals surface area contributed by atoms with Gasteiger partial charge in [0.25, 0.3) is 5.91 Å². The minimum atomic E-state index is -0.626. The summed E-state index contributed by atoms with van der Waals surface area (Å²) < 4.78 is 1.69. The summed E-state index contributed by atoms with van der Waals surface area (Å²) in [6.07, 6.45) is 6.77. The van der Waals surface area contributed by atoms with E-state index < -0.39 is 11.4 Å². The van der Waals surface area contributed by atoms with Gasteiger partial charge in [0, 0.05) is 18.2 Å². The summed E-state index contributed by atoms with van der Waals surface area (Å²) in [4.78, 5) is 27.5. The molecule has 2 fully saturated rings. The molecule has 0 unspecified atom stereocenters. The molecule has 4 N–H and O–H groups in total. The van der Waals surface area contributed by atoms with Crippen LogP contribution >= 0.6 is 0 Å². The van der Waals surface area contributed by atoms with Crippen molar-refractivity contribution in [2.75, 3.05) is 18.9 Å². The van der Waals surface area contributed by atoms with Crippen molar-refractivity contribution in [2.24, 2.45) is 11.7 Å². The summed E-state index contributed by atoms with van der Waals surface area (Å²) >= 11 is 0. The van der Waals surface area contributed by atoms with E-state index in [2.05, 4.69) is 20.6 Å². The van der Waals surface area contributed by atoms with E-state index in [1.807, 2.05) is 7.05 Å². The van der Waals surface area contributed by atoms with E-state index in [4.69, 9.17) is 12.3 Å². The van der Waals surface area contributed by atoms with Crippen molar-refractivity contribution in [1.29, 1.82) is 0 Å². The normalized spacial score (nSPS) is 26.0. The monoisotopic (exact) mass is 344 g/mol. The minimum Gasteiger partial charge on any atom is -0.365 e. The van der Waals surface area contributed by atoms with E-state index >= 15 is 0 Å². The molecule has 0 atom stereocenters. The fourth-order valence-corrected chi connectivity index (χ4v) is 3.50. The number of nitrogens with zero attached hydrogens (tertiary/aromatic N) is 3. The van der Waals surface area contributed by atoms with Gasteiger partial charge in [-0.2, -0.15) is 5.10 Å². The third kappa shape index (κ3) is 3.51. The summed E-state index contributed by atoms with van der Waals surface area (Å²) in [6, 6.07) is 0.430. The maximum Gasteiger partial charge on any atom is 0.254 e. The minimum absolute atomic E-state index is 0.00847. The summed E-state index contributed by atoms with van der Waals surface area (Å²) in [7, 11) is 1.94. The summed E-state index contributed by atoms with van der Waals surface area (Å²) in [5.41, 5.74) is 5.22. The second kappa shape index (κ2) is 6.84. The van der Waals surface area contributed by atoms with Gasteiger partial charge < -0.3 is 21.2 Å². The first-order valence-corrected chi connectivity index (χ1v) is 8.70. The molecule has 0 saturated heterocycles. The Bertz CT molecular complexity index is 707. The van der Waals surface area contributed by atoms with Crippen molar-refractivity contribution in [3.05, 3.63) is 23.2 Å².